The molecule has 1 aromatic carbocycles. The zero-order chi connectivity index (χ0) is 15.0. The summed E-state index contributed by atoms with van der Waals surface area (Å²) in [7, 11) is -3.82. The van der Waals surface area contributed by atoms with Crippen LogP contribution in [0.15, 0.2) is 23.1 Å². The van der Waals surface area contributed by atoms with Gasteiger partial charge in [0.2, 0.25) is 10.0 Å². The van der Waals surface area contributed by atoms with Crippen molar-refractivity contribution < 1.29 is 12.8 Å². The zero-order valence-corrected chi connectivity index (χ0v) is 12.5. The van der Waals surface area contributed by atoms with E-state index < -0.39 is 21.3 Å². The number of sulfonamides is 1. The number of hydrogen-bond donors (Lipinski definition) is 0. The highest BCUT2D eigenvalue weighted by Gasteiger charge is 2.36. The molecular weight excluding hydrogens is 303 g/mol. The zero-order valence-electron chi connectivity index (χ0n) is 10.9. The molecule has 1 aliphatic rings. The van der Waals surface area contributed by atoms with E-state index in [4.69, 9.17) is 16.9 Å². The maximum absolute atomic E-state index is 13.2. The Hall–Kier alpha value is -1.16. The maximum atomic E-state index is 13.2. The number of hydrogen-bond acceptors (Lipinski definition) is 3. The van der Waals surface area contributed by atoms with E-state index in [1.165, 1.54) is 10.4 Å². The highest BCUT2D eigenvalue weighted by atomic mass is 35.5. The smallest absolute Gasteiger partial charge is 0.207 e. The molecule has 0 bridgehead atoms. The quantitative estimate of drug-likeness (QED) is 0.843. The van der Waals surface area contributed by atoms with E-state index in [9.17, 15) is 12.8 Å². The first-order valence-corrected chi connectivity index (χ1v) is 7.97. The fourth-order valence-corrected chi connectivity index (χ4v) is 4.07. The normalized spacial score (nSPS) is 19.5. The summed E-state index contributed by atoms with van der Waals surface area (Å²) in [5.41, 5.74) is -0.502. The van der Waals surface area contributed by atoms with Crippen LogP contribution in [0.4, 0.5) is 4.39 Å². The second-order valence-electron chi connectivity index (χ2n) is 5.15. The minimum atomic E-state index is -3.82. The highest BCUT2D eigenvalue weighted by Crippen LogP contribution is 2.34. The van der Waals surface area contributed by atoms with Gasteiger partial charge in [-0.2, -0.15) is 9.57 Å². The molecule has 4 nitrogen and oxygen atoms in total. The Morgan fingerprint density at radius 2 is 2.00 bits per heavy atom. The molecule has 0 atom stereocenters. The minimum absolute atomic E-state index is 0.0000170. The maximum Gasteiger partial charge on any atom is 0.244 e. The Bertz CT molecular complexity index is 661. The van der Waals surface area contributed by atoms with Crippen molar-refractivity contribution in [3.05, 3.63) is 29.0 Å². The molecule has 0 amide bonds. The van der Waals surface area contributed by atoms with Gasteiger partial charge in [0, 0.05) is 13.1 Å². The fourth-order valence-electron chi connectivity index (χ4n) is 2.15. The average Bonchev–Trinajstić information content (AvgIpc) is 2.42. The molecule has 1 aliphatic heterocycles. The molecule has 2 rings (SSSR count). The monoisotopic (exact) mass is 316 g/mol. The SMILES string of the molecule is CC1(C#N)CCN(S(=O)(=O)c2cc(F)ccc2Cl)CC1. The third-order valence-electron chi connectivity index (χ3n) is 3.61. The lowest BCUT2D eigenvalue weighted by Crippen LogP contribution is -2.41. The fraction of sp³-hybridized carbons (Fsp3) is 0.462. The van der Waals surface area contributed by atoms with Gasteiger partial charge in [-0.05, 0) is 38.0 Å². The number of rotatable bonds is 2. The van der Waals surface area contributed by atoms with Crippen LogP contribution in [0.25, 0.3) is 0 Å². The van der Waals surface area contributed by atoms with Gasteiger partial charge in [-0.3, -0.25) is 0 Å². The Kier molecular flexibility index (Phi) is 4.05. The summed E-state index contributed by atoms with van der Waals surface area (Å²) in [6, 6.07) is 5.48. The van der Waals surface area contributed by atoms with Crippen molar-refractivity contribution in [2.75, 3.05) is 13.1 Å². The molecule has 0 aromatic heterocycles. The van der Waals surface area contributed by atoms with Crippen LogP contribution in [0.2, 0.25) is 5.02 Å². The molecule has 0 spiro atoms. The number of benzene rings is 1. The number of halogens is 2. The summed E-state index contributed by atoms with van der Waals surface area (Å²) in [4.78, 5) is -0.222. The van der Waals surface area contributed by atoms with E-state index in [0.29, 0.717) is 12.8 Å². The first kappa shape index (κ1) is 15.2. The van der Waals surface area contributed by atoms with E-state index in [2.05, 4.69) is 6.07 Å². The van der Waals surface area contributed by atoms with E-state index >= 15 is 0 Å². The van der Waals surface area contributed by atoms with Crippen molar-refractivity contribution in [2.45, 2.75) is 24.7 Å². The van der Waals surface area contributed by atoms with Gasteiger partial charge >= 0.3 is 0 Å². The standard InChI is InChI=1S/C13H14ClFN2O2S/c1-13(9-16)4-6-17(7-5-13)20(18,19)12-8-10(15)2-3-11(12)14/h2-3,8H,4-7H2,1H3. The van der Waals surface area contributed by atoms with Crippen molar-refractivity contribution in [3.8, 4) is 6.07 Å². The molecule has 1 fully saturated rings. The van der Waals surface area contributed by atoms with Crippen molar-refractivity contribution in [3.63, 3.8) is 0 Å². The Labute approximate surface area is 122 Å². The lowest BCUT2D eigenvalue weighted by Gasteiger charge is -2.34. The number of nitrogens with zero attached hydrogens (tertiary/aromatic N) is 2. The molecule has 7 heteroatoms. The first-order valence-electron chi connectivity index (χ1n) is 6.15. The summed E-state index contributed by atoms with van der Waals surface area (Å²) in [6.45, 7) is 2.28. The van der Waals surface area contributed by atoms with E-state index in [1.54, 1.807) is 0 Å². The van der Waals surface area contributed by atoms with E-state index in [0.717, 1.165) is 12.1 Å². The van der Waals surface area contributed by atoms with Gasteiger partial charge in [0.25, 0.3) is 0 Å². The van der Waals surface area contributed by atoms with Crippen LogP contribution in [0, 0.1) is 22.6 Å². The van der Waals surface area contributed by atoms with E-state index in [1.807, 2.05) is 6.92 Å². The summed E-state index contributed by atoms with van der Waals surface area (Å²) < 4.78 is 39.4. The molecule has 0 N–H and O–H groups in total. The molecule has 1 heterocycles. The summed E-state index contributed by atoms with van der Waals surface area (Å²) in [6.07, 6.45) is 0.908. The van der Waals surface area contributed by atoms with Gasteiger partial charge in [0.05, 0.1) is 16.5 Å². The molecule has 1 aromatic rings. The summed E-state index contributed by atoms with van der Waals surface area (Å²) >= 11 is 5.86. The third kappa shape index (κ3) is 2.80. The van der Waals surface area contributed by atoms with Crippen LogP contribution >= 0.6 is 11.6 Å². The van der Waals surface area contributed by atoms with Crippen LogP contribution in [-0.2, 0) is 10.0 Å². The van der Waals surface area contributed by atoms with Crippen LogP contribution in [-0.4, -0.2) is 25.8 Å². The van der Waals surface area contributed by atoms with Crippen LogP contribution in [0.5, 0.6) is 0 Å². The lowest BCUT2D eigenvalue weighted by atomic mass is 9.83. The van der Waals surface area contributed by atoms with Gasteiger partial charge in [-0.15, -0.1) is 0 Å². The van der Waals surface area contributed by atoms with Crippen molar-refractivity contribution in [1.82, 2.24) is 4.31 Å². The Morgan fingerprint density at radius 3 is 2.55 bits per heavy atom. The number of nitriles is 1. The van der Waals surface area contributed by atoms with E-state index in [-0.39, 0.29) is 23.0 Å². The van der Waals surface area contributed by atoms with Crippen molar-refractivity contribution in [2.24, 2.45) is 5.41 Å². The van der Waals surface area contributed by atoms with Crippen LogP contribution in [0.1, 0.15) is 19.8 Å². The average molecular weight is 317 g/mol. The second-order valence-corrected chi connectivity index (χ2v) is 7.46. The third-order valence-corrected chi connectivity index (χ3v) is 5.99. The molecule has 0 unspecified atom stereocenters. The predicted molar refractivity (Wildman–Crippen MR) is 73.1 cm³/mol. The molecular formula is C13H14ClFN2O2S. The van der Waals surface area contributed by atoms with Gasteiger partial charge in [-0.25, -0.2) is 12.8 Å². The summed E-state index contributed by atoms with van der Waals surface area (Å²) in [5.74, 6) is -0.646. The first-order chi connectivity index (χ1) is 9.28. The molecule has 1 saturated heterocycles. The van der Waals surface area contributed by atoms with Gasteiger partial charge in [0.15, 0.2) is 0 Å². The topological polar surface area (TPSA) is 61.2 Å². The molecule has 0 radical (unpaired) electrons. The largest absolute Gasteiger partial charge is 0.244 e. The van der Waals surface area contributed by atoms with Gasteiger partial charge in [0.1, 0.15) is 10.7 Å². The van der Waals surface area contributed by atoms with Gasteiger partial charge < -0.3 is 0 Å². The molecule has 0 aliphatic carbocycles. The summed E-state index contributed by atoms with van der Waals surface area (Å²) in [5, 5.41) is 9.05. The molecule has 20 heavy (non-hydrogen) atoms. The number of piperidine rings is 1. The second kappa shape index (κ2) is 5.32. The van der Waals surface area contributed by atoms with Crippen molar-refractivity contribution >= 4 is 21.6 Å². The predicted octanol–water partition coefficient (Wildman–Crippen LogP) is 2.79. The lowest BCUT2D eigenvalue weighted by molar-refractivity contribution is 0.232. The Morgan fingerprint density at radius 1 is 1.40 bits per heavy atom. The highest BCUT2D eigenvalue weighted by molar-refractivity contribution is 7.89. The Balaban J connectivity index is 2.29. The molecule has 0 saturated carbocycles. The van der Waals surface area contributed by atoms with Crippen LogP contribution < -0.4 is 0 Å². The van der Waals surface area contributed by atoms with Crippen LogP contribution in [0.3, 0.4) is 0 Å². The van der Waals surface area contributed by atoms with Crippen molar-refractivity contribution in [1.29, 1.82) is 5.26 Å². The minimum Gasteiger partial charge on any atom is -0.207 e. The molecule has 108 valence electrons. The van der Waals surface area contributed by atoms with Gasteiger partial charge in [-0.1, -0.05) is 11.6 Å².